The highest BCUT2D eigenvalue weighted by molar-refractivity contribution is 6.32. The SMILES string of the molecule is O=C(c1ccc(Cl)c([N+](=O)[O-])c1)N1CCN(Cc2nnnn2-c2ccc(Cl)cc2)CC1. The fraction of sp³-hybridized carbons (Fsp3) is 0.263. The lowest BCUT2D eigenvalue weighted by Crippen LogP contribution is -2.48. The number of carbonyl (C=O) groups excluding carboxylic acids is 1. The van der Waals surface area contributed by atoms with E-state index in [1.54, 1.807) is 21.7 Å². The normalized spacial score (nSPS) is 14.6. The number of hydrogen-bond acceptors (Lipinski definition) is 7. The molecule has 1 aliphatic rings. The second-order valence-corrected chi connectivity index (χ2v) is 7.82. The van der Waals surface area contributed by atoms with E-state index in [0.717, 1.165) is 5.69 Å². The van der Waals surface area contributed by atoms with Crippen LogP contribution in [0.3, 0.4) is 0 Å². The molecule has 3 aromatic rings. The number of benzene rings is 2. The first kappa shape index (κ1) is 21.2. The summed E-state index contributed by atoms with van der Waals surface area (Å²) in [7, 11) is 0. The van der Waals surface area contributed by atoms with Crippen molar-refractivity contribution >= 4 is 34.8 Å². The predicted octanol–water partition coefficient (Wildman–Crippen LogP) is 2.84. The van der Waals surface area contributed by atoms with E-state index in [0.29, 0.717) is 43.6 Å². The molecule has 0 bridgehead atoms. The fourth-order valence-corrected chi connectivity index (χ4v) is 3.68. The molecule has 0 aliphatic carbocycles. The minimum atomic E-state index is -0.595. The molecule has 2 heterocycles. The number of nitro benzene ring substituents is 1. The summed E-state index contributed by atoms with van der Waals surface area (Å²) < 4.78 is 1.65. The highest BCUT2D eigenvalue weighted by Gasteiger charge is 2.25. The van der Waals surface area contributed by atoms with Gasteiger partial charge in [0.1, 0.15) is 5.02 Å². The van der Waals surface area contributed by atoms with Gasteiger partial charge < -0.3 is 4.90 Å². The summed E-state index contributed by atoms with van der Waals surface area (Å²) >= 11 is 11.8. The Bertz CT molecular complexity index is 1110. The molecular formula is C19H17Cl2N7O3. The molecule has 4 rings (SSSR count). The van der Waals surface area contributed by atoms with Gasteiger partial charge in [-0.05, 0) is 46.8 Å². The molecule has 1 aromatic heterocycles. The number of amides is 1. The number of tetrazole rings is 1. The van der Waals surface area contributed by atoms with Crippen molar-refractivity contribution in [1.82, 2.24) is 30.0 Å². The Morgan fingerprint density at radius 2 is 1.77 bits per heavy atom. The van der Waals surface area contributed by atoms with Crippen molar-refractivity contribution in [2.45, 2.75) is 6.54 Å². The van der Waals surface area contributed by atoms with Crippen molar-refractivity contribution in [2.24, 2.45) is 0 Å². The van der Waals surface area contributed by atoms with Gasteiger partial charge in [-0.1, -0.05) is 23.2 Å². The van der Waals surface area contributed by atoms with Crippen molar-refractivity contribution in [3.8, 4) is 5.69 Å². The maximum Gasteiger partial charge on any atom is 0.288 e. The summed E-state index contributed by atoms with van der Waals surface area (Å²) in [5.41, 5.74) is 0.777. The van der Waals surface area contributed by atoms with Crippen LogP contribution in [-0.2, 0) is 6.54 Å². The molecule has 10 nitrogen and oxygen atoms in total. The van der Waals surface area contributed by atoms with Crippen LogP contribution >= 0.6 is 23.2 Å². The summed E-state index contributed by atoms with van der Waals surface area (Å²) in [6, 6.07) is 11.3. The Morgan fingerprint density at radius 3 is 2.45 bits per heavy atom. The monoisotopic (exact) mass is 461 g/mol. The van der Waals surface area contributed by atoms with Crippen molar-refractivity contribution < 1.29 is 9.72 Å². The number of aromatic nitrogens is 4. The third kappa shape index (κ3) is 4.66. The molecule has 31 heavy (non-hydrogen) atoms. The second kappa shape index (κ2) is 8.96. The predicted molar refractivity (Wildman–Crippen MR) is 113 cm³/mol. The lowest BCUT2D eigenvalue weighted by atomic mass is 10.1. The Balaban J connectivity index is 1.39. The van der Waals surface area contributed by atoms with Crippen LogP contribution in [0.1, 0.15) is 16.2 Å². The van der Waals surface area contributed by atoms with E-state index in [-0.39, 0.29) is 22.2 Å². The first-order valence-electron chi connectivity index (χ1n) is 9.41. The van der Waals surface area contributed by atoms with Crippen molar-refractivity contribution in [3.05, 3.63) is 74.0 Å². The van der Waals surface area contributed by atoms with E-state index >= 15 is 0 Å². The average molecular weight is 462 g/mol. The molecule has 0 unspecified atom stereocenters. The van der Waals surface area contributed by atoms with Gasteiger partial charge in [-0.15, -0.1) is 5.10 Å². The standard InChI is InChI=1S/C19H17Cl2N7O3/c20-14-2-4-15(5-3-14)27-18(22-23-24-27)12-25-7-9-26(10-8-25)19(29)13-1-6-16(21)17(11-13)28(30)31/h1-6,11H,7-10,12H2. The van der Waals surface area contributed by atoms with Crippen molar-refractivity contribution in [1.29, 1.82) is 0 Å². The van der Waals surface area contributed by atoms with Crippen LogP contribution < -0.4 is 0 Å². The molecule has 1 amide bonds. The maximum atomic E-state index is 12.8. The van der Waals surface area contributed by atoms with Gasteiger partial charge in [0.2, 0.25) is 0 Å². The molecular weight excluding hydrogens is 445 g/mol. The van der Waals surface area contributed by atoms with Gasteiger partial charge in [-0.3, -0.25) is 19.8 Å². The summed E-state index contributed by atoms with van der Waals surface area (Å²) in [5.74, 6) is 0.417. The number of rotatable bonds is 5. The van der Waals surface area contributed by atoms with Crippen LogP contribution in [0.4, 0.5) is 5.69 Å². The van der Waals surface area contributed by atoms with Gasteiger partial charge >= 0.3 is 0 Å². The summed E-state index contributed by atoms with van der Waals surface area (Å²) in [4.78, 5) is 27.1. The average Bonchev–Trinajstić information content (AvgIpc) is 3.22. The van der Waals surface area contributed by atoms with Crippen molar-refractivity contribution in [2.75, 3.05) is 26.2 Å². The number of nitrogens with zero attached hydrogens (tertiary/aromatic N) is 7. The van der Waals surface area contributed by atoms with E-state index < -0.39 is 4.92 Å². The van der Waals surface area contributed by atoms with E-state index in [1.807, 2.05) is 12.1 Å². The number of carbonyl (C=O) groups is 1. The van der Waals surface area contributed by atoms with Crippen LogP contribution in [-0.4, -0.2) is 67.0 Å². The zero-order valence-electron chi connectivity index (χ0n) is 16.2. The molecule has 12 heteroatoms. The number of hydrogen-bond donors (Lipinski definition) is 0. The van der Waals surface area contributed by atoms with Gasteiger partial charge in [0.25, 0.3) is 11.6 Å². The van der Waals surface area contributed by atoms with E-state index in [1.165, 1.54) is 18.2 Å². The zero-order valence-corrected chi connectivity index (χ0v) is 17.7. The van der Waals surface area contributed by atoms with Gasteiger partial charge in [-0.25, -0.2) is 0 Å². The van der Waals surface area contributed by atoms with Crippen LogP contribution in [0.15, 0.2) is 42.5 Å². The summed E-state index contributed by atoms with van der Waals surface area (Å²) in [5, 5.41) is 23.6. The Morgan fingerprint density at radius 1 is 1.06 bits per heavy atom. The minimum Gasteiger partial charge on any atom is -0.336 e. The Labute approximate surface area is 187 Å². The van der Waals surface area contributed by atoms with E-state index in [9.17, 15) is 14.9 Å². The van der Waals surface area contributed by atoms with Gasteiger partial charge in [0.05, 0.1) is 17.2 Å². The Kier molecular flexibility index (Phi) is 6.12. The first-order valence-corrected chi connectivity index (χ1v) is 10.2. The third-order valence-corrected chi connectivity index (χ3v) is 5.59. The molecule has 0 atom stereocenters. The third-order valence-electron chi connectivity index (χ3n) is 5.02. The molecule has 2 aromatic carbocycles. The summed E-state index contributed by atoms with van der Waals surface area (Å²) in [6.07, 6.45) is 0. The number of nitro groups is 1. The van der Waals surface area contributed by atoms with Crippen LogP contribution in [0, 0.1) is 10.1 Å². The van der Waals surface area contributed by atoms with Crippen molar-refractivity contribution in [3.63, 3.8) is 0 Å². The quantitative estimate of drug-likeness (QED) is 0.424. The van der Waals surface area contributed by atoms with Crippen LogP contribution in [0.5, 0.6) is 0 Å². The molecule has 1 saturated heterocycles. The highest BCUT2D eigenvalue weighted by atomic mass is 35.5. The van der Waals surface area contributed by atoms with Gasteiger partial charge in [0, 0.05) is 42.8 Å². The zero-order chi connectivity index (χ0) is 22.0. The highest BCUT2D eigenvalue weighted by Crippen LogP contribution is 2.26. The van der Waals surface area contributed by atoms with Crippen LogP contribution in [0.2, 0.25) is 10.0 Å². The number of piperazine rings is 1. The Hall–Kier alpha value is -3.08. The largest absolute Gasteiger partial charge is 0.336 e. The lowest BCUT2D eigenvalue weighted by Gasteiger charge is -2.34. The number of halogens is 2. The fourth-order valence-electron chi connectivity index (χ4n) is 3.36. The molecule has 1 fully saturated rings. The van der Waals surface area contributed by atoms with Gasteiger partial charge in [0.15, 0.2) is 5.82 Å². The first-order chi connectivity index (χ1) is 14.9. The topological polar surface area (TPSA) is 110 Å². The summed E-state index contributed by atoms with van der Waals surface area (Å²) in [6.45, 7) is 2.73. The van der Waals surface area contributed by atoms with Gasteiger partial charge in [-0.2, -0.15) is 4.68 Å². The molecule has 0 saturated carbocycles. The molecule has 0 N–H and O–H groups in total. The molecule has 1 aliphatic heterocycles. The minimum absolute atomic E-state index is 0.00442. The van der Waals surface area contributed by atoms with Crippen LogP contribution in [0.25, 0.3) is 5.69 Å². The smallest absolute Gasteiger partial charge is 0.288 e. The lowest BCUT2D eigenvalue weighted by molar-refractivity contribution is -0.384. The van der Waals surface area contributed by atoms with E-state index in [2.05, 4.69) is 20.4 Å². The van der Waals surface area contributed by atoms with E-state index in [4.69, 9.17) is 23.2 Å². The molecule has 0 radical (unpaired) electrons. The maximum absolute atomic E-state index is 12.8. The molecule has 160 valence electrons. The molecule has 0 spiro atoms. The second-order valence-electron chi connectivity index (χ2n) is 6.97.